The number of imidazole rings is 1. The van der Waals surface area contributed by atoms with Crippen LogP contribution in [0, 0.1) is 6.92 Å². The van der Waals surface area contributed by atoms with Gasteiger partial charge in [-0.1, -0.05) is 12.1 Å². The summed E-state index contributed by atoms with van der Waals surface area (Å²) in [6, 6.07) is 6.26. The molecular formula is C13H17N3. The summed E-state index contributed by atoms with van der Waals surface area (Å²) >= 11 is 0. The third-order valence-electron chi connectivity index (χ3n) is 2.90. The van der Waals surface area contributed by atoms with E-state index < -0.39 is 0 Å². The summed E-state index contributed by atoms with van der Waals surface area (Å²) in [5.74, 6) is 1.11. The predicted molar refractivity (Wildman–Crippen MR) is 66.2 cm³/mol. The summed E-state index contributed by atoms with van der Waals surface area (Å²) in [7, 11) is 2.02. The van der Waals surface area contributed by atoms with Crippen LogP contribution in [-0.2, 0) is 19.9 Å². The van der Waals surface area contributed by atoms with Crippen molar-refractivity contribution in [2.45, 2.75) is 19.8 Å². The Morgan fingerprint density at radius 1 is 1.31 bits per heavy atom. The number of hydrogen-bond acceptors (Lipinski definition) is 2. The molecule has 1 heterocycles. The molecule has 3 nitrogen and oxygen atoms in total. The molecule has 0 unspecified atom stereocenters. The van der Waals surface area contributed by atoms with Crippen LogP contribution in [0.3, 0.4) is 0 Å². The Morgan fingerprint density at radius 2 is 2.12 bits per heavy atom. The fraction of sp³-hybridized carbons (Fsp3) is 0.308. The van der Waals surface area contributed by atoms with Crippen LogP contribution < -0.4 is 5.73 Å². The first-order valence-corrected chi connectivity index (χ1v) is 5.48. The first-order chi connectivity index (χ1) is 7.66. The SMILES string of the molecule is Cc1ccc(CCc2nccn2C)cc1N. The maximum Gasteiger partial charge on any atom is 0.108 e. The Labute approximate surface area is 95.9 Å². The van der Waals surface area contributed by atoms with Gasteiger partial charge in [0.2, 0.25) is 0 Å². The lowest BCUT2D eigenvalue weighted by Crippen LogP contribution is -2.00. The maximum absolute atomic E-state index is 5.88. The second-order valence-electron chi connectivity index (χ2n) is 4.15. The fourth-order valence-corrected chi connectivity index (χ4v) is 1.74. The number of rotatable bonds is 3. The van der Waals surface area contributed by atoms with Crippen molar-refractivity contribution in [1.29, 1.82) is 0 Å². The highest BCUT2D eigenvalue weighted by molar-refractivity contribution is 5.48. The summed E-state index contributed by atoms with van der Waals surface area (Å²) in [4.78, 5) is 4.30. The molecule has 0 atom stereocenters. The molecule has 0 bridgehead atoms. The molecule has 1 aromatic carbocycles. The maximum atomic E-state index is 5.88. The molecule has 0 radical (unpaired) electrons. The molecule has 1 aromatic heterocycles. The van der Waals surface area contributed by atoms with Gasteiger partial charge in [0, 0.05) is 31.5 Å². The monoisotopic (exact) mass is 215 g/mol. The molecule has 0 spiro atoms. The number of nitrogens with two attached hydrogens (primary N) is 1. The highest BCUT2D eigenvalue weighted by atomic mass is 15.0. The molecule has 2 N–H and O–H groups in total. The van der Waals surface area contributed by atoms with E-state index in [0.717, 1.165) is 29.9 Å². The Kier molecular flexibility index (Phi) is 2.95. The number of aromatic nitrogens is 2. The molecule has 0 saturated carbocycles. The summed E-state index contributed by atoms with van der Waals surface area (Å²) in [6.07, 6.45) is 5.74. The van der Waals surface area contributed by atoms with Crippen LogP contribution in [0.4, 0.5) is 5.69 Å². The van der Waals surface area contributed by atoms with Crippen LogP contribution in [0.5, 0.6) is 0 Å². The number of benzene rings is 1. The average molecular weight is 215 g/mol. The number of anilines is 1. The van der Waals surface area contributed by atoms with Crippen molar-refractivity contribution in [3.8, 4) is 0 Å². The van der Waals surface area contributed by atoms with Crippen LogP contribution in [-0.4, -0.2) is 9.55 Å². The minimum absolute atomic E-state index is 0.873. The van der Waals surface area contributed by atoms with Crippen LogP contribution in [0.2, 0.25) is 0 Å². The van der Waals surface area contributed by atoms with Gasteiger partial charge in [0.05, 0.1) is 0 Å². The molecule has 0 amide bonds. The number of nitrogens with zero attached hydrogens (tertiary/aromatic N) is 2. The van der Waals surface area contributed by atoms with Gasteiger partial charge in [0.1, 0.15) is 5.82 Å². The van der Waals surface area contributed by atoms with Gasteiger partial charge in [-0.3, -0.25) is 0 Å². The van der Waals surface area contributed by atoms with Gasteiger partial charge in [-0.15, -0.1) is 0 Å². The Hall–Kier alpha value is -1.77. The quantitative estimate of drug-likeness (QED) is 0.797. The topological polar surface area (TPSA) is 43.8 Å². The van der Waals surface area contributed by atoms with Gasteiger partial charge in [0.25, 0.3) is 0 Å². The first-order valence-electron chi connectivity index (χ1n) is 5.48. The van der Waals surface area contributed by atoms with Gasteiger partial charge in [-0.05, 0) is 30.5 Å². The molecule has 2 aromatic rings. The Balaban J connectivity index is 2.05. The normalized spacial score (nSPS) is 10.6. The zero-order chi connectivity index (χ0) is 11.5. The van der Waals surface area contributed by atoms with E-state index in [-0.39, 0.29) is 0 Å². The van der Waals surface area contributed by atoms with Crippen molar-refractivity contribution < 1.29 is 0 Å². The number of nitrogen functional groups attached to an aromatic ring is 1. The largest absolute Gasteiger partial charge is 0.399 e. The van der Waals surface area contributed by atoms with E-state index in [4.69, 9.17) is 5.73 Å². The molecule has 0 aliphatic heterocycles. The fourth-order valence-electron chi connectivity index (χ4n) is 1.74. The molecule has 2 rings (SSSR count). The molecule has 0 aliphatic rings. The van der Waals surface area contributed by atoms with Crippen LogP contribution in [0.15, 0.2) is 30.6 Å². The Morgan fingerprint density at radius 3 is 2.75 bits per heavy atom. The van der Waals surface area contributed by atoms with Gasteiger partial charge < -0.3 is 10.3 Å². The van der Waals surface area contributed by atoms with Crippen LogP contribution in [0.1, 0.15) is 17.0 Å². The van der Waals surface area contributed by atoms with Crippen molar-refractivity contribution in [1.82, 2.24) is 9.55 Å². The van der Waals surface area contributed by atoms with E-state index in [1.54, 1.807) is 0 Å². The van der Waals surface area contributed by atoms with Gasteiger partial charge in [-0.2, -0.15) is 0 Å². The summed E-state index contributed by atoms with van der Waals surface area (Å²) in [5.41, 5.74) is 9.16. The third-order valence-corrected chi connectivity index (χ3v) is 2.90. The van der Waals surface area contributed by atoms with E-state index >= 15 is 0 Å². The standard InChI is InChI=1S/C13H17N3/c1-10-3-4-11(9-12(10)14)5-6-13-15-7-8-16(13)2/h3-4,7-9H,5-6,14H2,1-2H3. The number of aryl methyl sites for hydroxylation is 4. The second kappa shape index (κ2) is 4.39. The average Bonchev–Trinajstić information content (AvgIpc) is 2.66. The zero-order valence-corrected chi connectivity index (χ0v) is 9.77. The highest BCUT2D eigenvalue weighted by Gasteiger charge is 2.01. The lowest BCUT2D eigenvalue weighted by atomic mass is 10.1. The molecule has 0 saturated heterocycles. The van der Waals surface area contributed by atoms with E-state index in [0.29, 0.717) is 0 Å². The van der Waals surface area contributed by atoms with Gasteiger partial charge >= 0.3 is 0 Å². The van der Waals surface area contributed by atoms with E-state index in [1.807, 2.05) is 26.4 Å². The minimum Gasteiger partial charge on any atom is -0.399 e. The van der Waals surface area contributed by atoms with E-state index in [9.17, 15) is 0 Å². The molecule has 0 fully saturated rings. The zero-order valence-electron chi connectivity index (χ0n) is 9.77. The van der Waals surface area contributed by atoms with Crippen molar-refractivity contribution in [2.24, 2.45) is 7.05 Å². The van der Waals surface area contributed by atoms with Crippen molar-refractivity contribution >= 4 is 5.69 Å². The van der Waals surface area contributed by atoms with Crippen molar-refractivity contribution in [3.05, 3.63) is 47.5 Å². The highest BCUT2D eigenvalue weighted by Crippen LogP contribution is 2.14. The number of hydrogen-bond donors (Lipinski definition) is 1. The molecule has 84 valence electrons. The van der Waals surface area contributed by atoms with Gasteiger partial charge in [0.15, 0.2) is 0 Å². The van der Waals surface area contributed by atoms with Crippen molar-refractivity contribution in [2.75, 3.05) is 5.73 Å². The summed E-state index contributed by atoms with van der Waals surface area (Å²) < 4.78 is 2.05. The summed E-state index contributed by atoms with van der Waals surface area (Å²) in [5, 5.41) is 0. The minimum atomic E-state index is 0.873. The predicted octanol–water partition coefficient (Wildman–Crippen LogP) is 2.10. The lowest BCUT2D eigenvalue weighted by molar-refractivity contribution is 0.771. The smallest absolute Gasteiger partial charge is 0.108 e. The van der Waals surface area contributed by atoms with Crippen molar-refractivity contribution in [3.63, 3.8) is 0 Å². The third kappa shape index (κ3) is 2.24. The second-order valence-corrected chi connectivity index (χ2v) is 4.15. The first kappa shape index (κ1) is 10.7. The molecule has 16 heavy (non-hydrogen) atoms. The van der Waals surface area contributed by atoms with Crippen LogP contribution in [0.25, 0.3) is 0 Å². The molecule has 3 heteroatoms. The molecule has 0 aliphatic carbocycles. The molecular weight excluding hydrogens is 198 g/mol. The van der Waals surface area contributed by atoms with Crippen LogP contribution >= 0.6 is 0 Å². The van der Waals surface area contributed by atoms with Gasteiger partial charge in [-0.25, -0.2) is 4.98 Å². The summed E-state index contributed by atoms with van der Waals surface area (Å²) in [6.45, 7) is 2.03. The lowest BCUT2D eigenvalue weighted by Gasteiger charge is -2.05. The Bertz CT molecular complexity index is 486. The van der Waals surface area contributed by atoms with E-state index in [2.05, 4.69) is 27.8 Å². The van der Waals surface area contributed by atoms with E-state index in [1.165, 1.54) is 5.56 Å².